The number of benzene rings is 1. The van der Waals surface area contributed by atoms with Crippen LogP contribution in [0.25, 0.3) is 0 Å². The molecular weight excluding hydrogens is 444 g/mol. The van der Waals surface area contributed by atoms with Crippen LogP contribution in [-0.4, -0.2) is 64.7 Å². The number of amides is 3. The second-order valence-electron chi connectivity index (χ2n) is 10.8. The summed E-state index contributed by atoms with van der Waals surface area (Å²) >= 11 is 0. The Balaban J connectivity index is 1.12. The van der Waals surface area contributed by atoms with Gasteiger partial charge in [-0.15, -0.1) is 0 Å². The van der Waals surface area contributed by atoms with E-state index in [9.17, 15) is 23.2 Å². The van der Waals surface area contributed by atoms with Gasteiger partial charge in [-0.05, 0) is 49.4 Å². The standard InChI is InChI=1S/C25H29F2N3O4/c26-25(27)11-24(12-25)13-29(14-24)18-3-1-2-4-20(18)34-16-5-6-17-15(9-16)10-30(23(17)33)19-7-8-21(31)28-22(19)32/h5-6,9,18-20H,1-4,7-8,10-14H2,(H,28,31,32). The van der Waals surface area contributed by atoms with E-state index in [0.717, 1.165) is 44.3 Å². The third-order valence-corrected chi connectivity index (χ3v) is 8.26. The molecule has 2 saturated carbocycles. The van der Waals surface area contributed by atoms with E-state index in [-0.39, 0.29) is 48.6 Å². The van der Waals surface area contributed by atoms with Crippen molar-refractivity contribution in [2.24, 2.45) is 5.41 Å². The first-order chi connectivity index (χ1) is 16.2. The van der Waals surface area contributed by atoms with Crippen LogP contribution in [0.5, 0.6) is 5.75 Å². The van der Waals surface area contributed by atoms with Crippen LogP contribution in [0, 0.1) is 5.41 Å². The maximum Gasteiger partial charge on any atom is 0.255 e. The molecule has 7 nitrogen and oxygen atoms in total. The molecular formula is C25H29F2N3O4. The van der Waals surface area contributed by atoms with Gasteiger partial charge in [0.15, 0.2) is 0 Å². The maximum absolute atomic E-state index is 13.4. The Labute approximate surface area is 196 Å². The van der Waals surface area contributed by atoms with E-state index >= 15 is 0 Å². The van der Waals surface area contributed by atoms with Crippen molar-refractivity contribution in [2.45, 2.75) is 82.0 Å². The number of carbonyl (C=O) groups excluding carboxylic acids is 3. The molecule has 3 atom stereocenters. The van der Waals surface area contributed by atoms with Crippen LogP contribution in [0.3, 0.4) is 0 Å². The number of imide groups is 1. The minimum Gasteiger partial charge on any atom is -0.489 e. The number of nitrogens with one attached hydrogen (secondary N) is 1. The zero-order valence-electron chi connectivity index (χ0n) is 19.0. The Bertz CT molecular complexity index is 1040. The monoisotopic (exact) mass is 473 g/mol. The third-order valence-electron chi connectivity index (χ3n) is 8.26. The van der Waals surface area contributed by atoms with Crippen molar-refractivity contribution in [2.75, 3.05) is 13.1 Å². The second-order valence-corrected chi connectivity index (χ2v) is 10.8. The van der Waals surface area contributed by atoms with Gasteiger partial charge in [-0.1, -0.05) is 6.42 Å². The quantitative estimate of drug-likeness (QED) is 0.681. The van der Waals surface area contributed by atoms with Gasteiger partial charge < -0.3 is 9.64 Å². The van der Waals surface area contributed by atoms with Crippen LogP contribution in [0.1, 0.15) is 67.3 Å². The first-order valence-electron chi connectivity index (χ1n) is 12.3. The zero-order valence-corrected chi connectivity index (χ0v) is 19.0. The van der Waals surface area contributed by atoms with Gasteiger partial charge >= 0.3 is 0 Å². The molecule has 9 heteroatoms. The number of fused-ring (bicyclic) bond motifs is 1. The molecule has 3 unspecified atom stereocenters. The van der Waals surface area contributed by atoms with E-state index < -0.39 is 17.9 Å². The molecule has 5 aliphatic rings. The Morgan fingerprint density at radius 1 is 1.03 bits per heavy atom. The number of halogens is 2. The molecule has 1 aromatic carbocycles. The fourth-order valence-electron chi connectivity index (χ4n) is 6.75. The predicted octanol–water partition coefficient (Wildman–Crippen LogP) is 2.87. The van der Waals surface area contributed by atoms with Crippen molar-refractivity contribution in [3.63, 3.8) is 0 Å². The van der Waals surface area contributed by atoms with Crippen LogP contribution < -0.4 is 10.1 Å². The lowest BCUT2D eigenvalue weighted by atomic mass is 9.60. The summed E-state index contributed by atoms with van der Waals surface area (Å²) in [6, 6.07) is 5.03. The van der Waals surface area contributed by atoms with E-state index in [2.05, 4.69) is 10.2 Å². The van der Waals surface area contributed by atoms with Crippen molar-refractivity contribution in [1.29, 1.82) is 0 Å². The number of nitrogens with zero attached hydrogens (tertiary/aromatic N) is 2. The Hall–Kier alpha value is -2.55. The fourth-order valence-corrected chi connectivity index (χ4v) is 6.75. The number of alkyl halides is 2. The molecule has 3 amide bonds. The van der Waals surface area contributed by atoms with Crippen molar-refractivity contribution >= 4 is 17.7 Å². The number of piperidine rings is 1. The van der Waals surface area contributed by atoms with Gasteiger partial charge in [0.05, 0.1) is 0 Å². The Morgan fingerprint density at radius 3 is 2.53 bits per heavy atom. The third kappa shape index (κ3) is 3.68. The minimum atomic E-state index is -2.49. The maximum atomic E-state index is 13.4. The number of carbonyl (C=O) groups is 3. The summed E-state index contributed by atoms with van der Waals surface area (Å²) in [4.78, 5) is 40.5. The number of ether oxygens (including phenoxy) is 1. The van der Waals surface area contributed by atoms with Gasteiger partial charge in [0, 0.05) is 55.9 Å². The molecule has 2 saturated heterocycles. The molecule has 34 heavy (non-hydrogen) atoms. The van der Waals surface area contributed by atoms with E-state index in [1.165, 1.54) is 4.90 Å². The summed E-state index contributed by atoms with van der Waals surface area (Å²) in [6.45, 7) is 1.77. The number of hydrogen-bond acceptors (Lipinski definition) is 5. The SMILES string of the molecule is O=C1CCC(N2Cc3cc(OC4CCCCC4N4CC5(C4)CC(F)(F)C5)ccc3C2=O)C(=O)N1. The molecule has 0 bridgehead atoms. The average Bonchev–Trinajstić information content (AvgIpc) is 3.06. The van der Waals surface area contributed by atoms with Gasteiger partial charge in [0.25, 0.3) is 5.91 Å². The first kappa shape index (κ1) is 21.9. The van der Waals surface area contributed by atoms with Crippen molar-refractivity contribution in [1.82, 2.24) is 15.1 Å². The normalized spacial score (nSPS) is 32.1. The smallest absolute Gasteiger partial charge is 0.255 e. The summed E-state index contributed by atoms with van der Waals surface area (Å²) in [5.41, 5.74) is 1.19. The van der Waals surface area contributed by atoms with Crippen LogP contribution >= 0.6 is 0 Å². The Kier molecular flexibility index (Phi) is 4.99. The van der Waals surface area contributed by atoms with E-state index in [4.69, 9.17) is 4.74 Å². The topological polar surface area (TPSA) is 79.0 Å². The molecule has 3 heterocycles. The highest BCUT2D eigenvalue weighted by Gasteiger charge is 2.62. The van der Waals surface area contributed by atoms with Crippen LogP contribution in [0.15, 0.2) is 18.2 Å². The number of hydrogen-bond donors (Lipinski definition) is 1. The lowest BCUT2D eigenvalue weighted by molar-refractivity contribution is -0.226. The van der Waals surface area contributed by atoms with Crippen LogP contribution in [0.4, 0.5) is 8.78 Å². The molecule has 1 N–H and O–H groups in total. The molecule has 3 aliphatic heterocycles. The lowest BCUT2D eigenvalue weighted by Gasteiger charge is -2.61. The average molecular weight is 474 g/mol. The summed E-state index contributed by atoms with van der Waals surface area (Å²) in [6.07, 6.45) is 4.69. The van der Waals surface area contributed by atoms with Crippen molar-refractivity contribution in [3.05, 3.63) is 29.3 Å². The molecule has 1 aromatic rings. The predicted molar refractivity (Wildman–Crippen MR) is 117 cm³/mol. The fraction of sp³-hybridized carbons (Fsp3) is 0.640. The van der Waals surface area contributed by atoms with Gasteiger partial charge in [-0.2, -0.15) is 0 Å². The molecule has 1 spiro atoms. The molecule has 182 valence electrons. The molecule has 6 rings (SSSR count). The number of likely N-dealkylation sites (tertiary alicyclic amines) is 1. The molecule has 0 radical (unpaired) electrons. The minimum absolute atomic E-state index is 0.00641. The largest absolute Gasteiger partial charge is 0.489 e. The van der Waals surface area contributed by atoms with E-state index in [1.54, 1.807) is 12.1 Å². The lowest BCUT2D eigenvalue weighted by Crippen LogP contribution is -2.69. The van der Waals surface area contributed by atoms with Gasteiger partial charge in [0.2, 0.25) is 17.7 Å². The summed E-state index contributed by atoms with van der Waals surface area (Å²) in [7, 11) is 0. The highest BCUT2D eigenvalue weighted by atomic mass is 19.3. The highest BCUT2D eigenvalue weighted by molar-refractivity contribution is 6.05. The van der Waals surface area contributed by atoms with Crippen molar-refractivity contribution in [3.8, 4) is 5.75 Å². The van der Waals surface area contributed by atoms with Crippen LogP contribution in [-0.2, 0) is 16.1 Å². The molecule has 2 aliphatic carbocycles. The highest BCUT2D eigenvalue weighted by Crippen LogP contribution is 2.57. The molecule has 4 fully saturated rings. The summed E-state index contributed by atoms with van der Waals surface area (Å²) in [5, 5.41) is 2.32. The molecule has 0 aromatic heterocycles. The van der Waals surface area contributed by atoms with Crippen molar-refractivity contribution < 1.29 is 27.9 Å². The van der Waals surface area contributed by atoms with Gasteiger partial charge in [-0.3, -0.25) is 24.6 Å². The zero-order chi connectivity index (χ0) is 23.7. The van der Waals surface area contributed by atoms with Crippen LogP contribution in [0.2, 0.25) is 0 Å². The number of rotatable bonds is 4. The summed E-state index contributed by atoms with van der Waals surface area (Å²) < 4.78 is 33.2. The van der Waals surface area contributed by atoms with E-state index in [1.807, 2.05) is 6.07 Å². The second kappa shape index (κ2) is 7.73. The van der Waals surface area contributed by atoms with Gasteiger partial charge in [-0.25, -0.2) is 8.78 Å². The van der Waals surface area contributed by atoms with Gasteiger partial charge in [0.1, 0.15) is 17.9 Å². The Morgan fingerprint density at radius 2 is 1.79 bits per heavy atom. The van der Waals surface area contributed by atoms with E-state index in [0.29, 0.717) is 24.3 Å². The first-order valence-corrected chi connectivity index (χ1v) is 12.3. The summed E-state index contributed by atoms with van der Waals surface area (Å²) in [5.74, 6) is -2.72.